The third-order valence-corrected chi connectivity index (χ3v) is 4.75. The lowest BCUT2D eigenvalue weighted by atomic mass is 10.1. The Morgan fingerprint density at radius 1 is 0.645 bits per heavy atom. The first kappa shape index (κ1) is 21.9. The first-order chi connectivity index (χ1) is 14.9. The predicted molar refractivity (Wildman–Crippen MR) is 123 cm³/mol. The van der Waals surface area contributed by atoms with Gasteiger partial charge in [0.1, 0.15) is 0 Å². The maximum atomic E-state index is 12.4. The fourth-order valence-electron chi connectivity index (χ4n) is 2.67. The lowest BCUT2D eigenvalue weighted by Gasteiger charge is -2.14. The van der Waals surface area contributed by atoms with Gasteiger partial charge in [-0.2, -0.15) is 0 Å². The van der Waals surface area contributed by atoms with E-state index in [2.05, 4.69) is 21.7 Å². The molecule has 0 heterocycles. The molecular formula is C24H23ClN4O2. The minimum atomic E-state index is -0.288. The minimum Gasteiger partial charge on any atom is -0.303 e. The van der Waals surface area contributed by atoms with Gasteiger partial charge < -0.3 is 5.43 Å². The summed E-state index contributed by atoms with van der Waals surface area (Å²) in [4.78, 5) is 24.7. The second kappa shape index (κ2) is 10.3. The quantitative estimate of drug-likeness (QED) is 0.421. The zero-order valence-corrected chi connectivity index (χ0v) is 18.0. The highest BCUT2D eigenvalue weighted by molar-refractivity contribution is 6.30. The van der Waals surface area contributed by atoms with Crippen LogP contribution in [0.25, 0.3) is 5.70 Å². The zero-order chi connectivity index (χ0) is 22.2. The van der Waals surface area contributed by atoms with Crippen molar-refractivity contribution < 1.29 is 9.59 Å². The fraction of sp³-hybridized carbons (Fsp3) is 0.0833. The van der Waals surface area contributed by atoms with Gasteiger partial charge in [0.05, 0.1) is 5.70 Å². The lowest BCUT2D eigenvalue weighted by Crippen LogP contribution is -2.38. The molecule has 0 unspecified atom stereocenters. The van der Waals surface area contributed by atoms with Gasteiger partial charge in [-0.05, 0) is 50.2 Å². The second-order valence-corrected chi connectivity index (χ2v) is 7.41. The summed E-state index contributed by atoms with van der Waals surface area (Å²) < 4.78 is 0. The van der Waals surface area contributed by atoms with Crippen LogP contribution in [-0.2, 0) is 0 Å². The number of hydrogen-bond acceptors (Lipinski definition) is 4. The number of carbonyl (C=O) groups is 2. The van der Waals surface area contributed by atoms with Crippen LogP contribution in [0.15, 0.2) is 79.0 Å². The molecule has 7 heteroatoms. The van der Waals surface area contributed by atoms with Gasteiger partial charge in [0, 0.05) is 27.9 Å². The summed E-state index contributed by atoms with van der Waals surface area (Å²) >= 11 is 5.98. The fourth-order valence-corrected chi connectivity index (χ4v) is 2.80. The third-order valence-electron chi connectivity index (χ3n) is 4.50. The third kappa shape index (κ3) is 6.35. The standard InChI is InChI=1S/C24H23ClN4O2/c1-16-3-7-19(8-4-16)23(30)28-26-15-22(18-11-13-21(25)14-12-18)27-29-24(31)20-9-5-17(2)6-10-20/h3-15,26-27H,1-2H3,(H,28,30)(H,29,31)/b22-15-. The van der Waals surface area contributed by atoms with E-state index in [0.717, 1.165) is 16.7 Å². The van der Waals surface area contributed by atoms with E-state index < -0.39 is 0 Å². The lowest BCUT2D eigenvalue weighted by molar-refractivity contribution is 0.0931. The van der Waals surface area contributed by atoms with E-state index in [-0.39, 0.29) is 11.8 Å². The number of nitrogens with one attached hydrogen (secondary N) is 4. The smallest absolute Gasteiger partial charge is 0.269 e. The highest BCUT2D eigenvalue weighted by Crippen LogP contribution is 2.15. The number of aryl methyl sites for hydroxylation is 2. The van der Waals surface area contributed by atoms with Crippen molar-refractivity contribution in [3.8, 4) is 0 Å². The van der Waals surface area contributed by atoms with Crippen LogP contribution in [0.1, 0.15) is 37.4 Å². The molecule has 0 aliphatic rings. The van der Waals surface area contributed by atoms with Crippen LogP contribution in [0.5, 0.6) is 0 Å². The van der Waals surface area contributed by atoms with Crippen molar-refractivity contribution in [2.45, 2.75) is 13.8 Å². The molecule has 6 nitrogen and oxygen atoms in total. The van der Waals surface area contributed by atoms with Crippen LogP contribution >= 0.6 is 11.6 Å². The van der Waals surface area contributed by atoms with E-state index in [1.54, 1.807) is 54.7 Å². The van der Waals surface area contributed by atoms with Crippen molar-refractivity contribution in [3.63, 3.8) is 0 Å². The maximum Gasteiger partial charge on any atom is 0.269 e. The van der Waals surface area contributed by atoms with Crippen LogP contribution in [0.3, 0.4) is 0 Å². The van der Waals surface area contributed by atoms with E-state index in [9.17, 15) is 9.59 Å². The molecule has 0 aliphatic heterocycles. The Bertz CT molecular complexity index is 1080. The second-order valence-electron chi connectivity index (χ2n) is 6.97. The Morgan fingerprint density at radius 2 is 1.10 bits per heavy atom. The SMILES string of the molecule is Cc1ccc(C(=O)NN/C=C(\NNC(=O)c2ccc(C)cc2)c2ccc(Cl)cc2)cc1. The number of benzene rings is 3. The highest BCUT2D eigenvalue weighted by Gasteiger charge is 2.08. The molecule has 31 heavy (non-hydrogen) atoms. The van der Waals surface area contributed by atoms with Gasteiger partial charge in [-0.15, -0.1) is 0 Å². The minimum absolute atomic E-state index is 0.282. The molecule has 3 rings (SSSR count). The van der Waals surface area contributed by atoms with Gasteiger partial charge in [0.25, 0.3) is 11.8 Å². The molecule has 0 bridgehead atoms. The predicted octanol–water partition coefficient (Wildman–Crippen LogP) is 4.12. The Labute approximate surface area is 186 Å². The topological polar surface area (TPSA) is 82.3 Å². The molecule has 0 saturated carbocycles. The number of hydrogen-bond donors (Lipinski definition) is 4. The molecule has 158 valence electrons. The summed E-state index contributed by atoms with van der Waals surface area (Å²) in [5.74, 6) is -0.570. The first-order valence-corrected chi connectivity index (χ1v) is 10.0. The Kier molecular flexibility index (Phi) is 7.30. The molecule has 4 N–H and O–H groups in total. The Balaban J connectivity index is 1.69. The largest absolute Gasteiger partial charge is 0.303 e. The number of amides is 2. The first-order valence-electron chi connectivity index (χ1n) is 9.64. The van der Waals surface area contributed by atoms with E-state index in [0.29, 0.717) is 21.8 Å². The van der Waals surface area contributed by atoms with Crippen molar-refractivity contribution in [1.29, 1.82) is 0 Å². The van der Waals surface area contributed by atoms with Crippen molar-refractivity contribution in [1.82, 2.24) is 21.7 Å². The van der Waals surface area contributed by atoms with Gasteiger partial charge in [0.2, 0.25) is 0 Å². The highest BCUT2D eigenvalue weighted by atomic mass is 35.5. The van der Waals surface area contributed by atoms with Crippen molar-refractivity contribution >= 4 is 29.1 Å². The summed E-state index contributed by atoms with van der Waals surface area (Å²) in [6, 6.07) is 21.5. The Hall–Kier alpha value is -3.77. The van der Waals surface area contributed by atoms with Gasteiger partial charge in [-0.25, -0.2) is 0 Å². The van der Waals surface area contributed by atoms with Crippen molar-refractivity contribution in [3.05, 3.63) is 112 Å². The number of halogens is 1. The summed E-state index contributed by atoms with van der Waals surface area (Å²) in [6.07, 6.45) is 1.55. The van der Waals surface area contributed by atoms with Gasteiger partial charge in [-0.1, -0.05) is 59.1 Å². The van der Waals surface area contributed by atoms with E-state index >= 15 is 0 Å². The number of carbonyl (C=O) groups excluding carboxylic acids is 2. The summed E-state index contributed by atoms with van der Waals surface area (Å²) in [5.41, 5.74) is 15.4. The zero-order valence-electron chi connectivity index (χ0n) is 17.2. The van der Waals surface area contributed by atoms with Crippen LogP contribution in [0, 0.1) is 13.8 Å². The molecule has 0 fully saturated rings. The summed E-state index contributed by atoms with van der Waals surface area (Å²) in [7, 11) is 0. The molecule has 0 radical (unpaired) electrons. The number of rotatable bonds is 7. The molecule has 2 amide bonds. The van der Waals surface area contributed by atoms with Crippen LogP contribution in [0.4, 0.5) is 0 Å². The molecule has 3 aromatic carbocycles. The average molecular weight is 435 g/mol. The normalized spacial score (nSPS) is 10.9. The van der Waals surface area contributed by atoms with E-state index in [1.807, 2.05) is 38.1 Å². The van der Waals surface area contributed by atoms with Gasteiger partial charge in [-0.3, -0.25) is 25.9 Å². The molecule has 3 aromatic rings. The monoisotopic (exact) mass is 434 g/mol. The van der Waals surface area contributed by atoms with Crippen LogP contribution in [-0.4, -0.2) is 11.8 Å². The maximum absolute atomic E-state index is 12.4. The van der Waals surface area contributed by atoms with Gasteiger partial charge >= 0.3 is 0 Å². The number of hydrazine groups is 2. The molecule has 0 saturated heterocycles. The molecule has 0 aliphatic carbocycles. The summed E-state index contributed by atoms with van der Waals surface area (Å²) in [5, 5.41) is 0.590. The molecule has 0 spiro atoms. The van der Waals surface area contributed by atoms with Crippen LogP contribution < -0.4 is 21.7 Å². The Morgan fingerprint density at radius 3 is 1.61 bits per heavy atom. The van der Waals surface area contributed by atoms with E-state index in [4.69, 9.17) is 11.6 Å². The average Bonchev–Trinajstić information content (AvgIpc) is 2.77. The summed E-state index contributed by atoms with van der Waals surface area (Å²) in [6.45, 7) is 3.91. The molecule has 0 atom stereocenters. The molecule has 0 aromatic heterocycles. The molecular weight excluding hydrogens is 412 g/mol. The van der Waals surface area contributed by atoms with Crippen molar-refractivity contribution in [2.24, 2.45) is 0 Å². The van der Waals surface area contributed by atoms with Crippen molar-refractivity contribution in [2.75, 3.05) is 0 Å². The van der Waals surface area contributed by atoms with E-state index in [1.165, 1.54) is 0 Å². The van der Waals surface area contributed by atoms with Crippen LogP contribution in [0.2, 0.25) is 5.02 Å². The van der Waals surface area contributed by atoms with Gasteiger partial charge in [0.15, 0.2) is 0 Å².